The number of primary amides is 1. The third kappa shape index (κ3) is 5.35. The van der Waals surface area contributed by atoms with Crippen LogP contribution in [0.4, 0.5) is 0 Å². The molecule has 3 aromatic heterocycles. The first-order valence-corrected chi connectivity index (χ1v) is 11.7. The second-order valence-corrected chi connectivity index (χ2v) is 8.81. The third-order valence-electron chi connectivity index (χ3n) is 5.65. The maximum absolute atomic E-state index is 13.5. The zero-order valence-electron chi connectivity index (χ0n) is 18.8. The first-order valence-electron chi connectivity index (χ1n) is 10.8. The highest BCUT2D eigenvalue weighted by Gasteiger charge is 2.25. The van der Waals surface area contributed by atoms with Crippen molar-refractivity contribution in [2.45, 2.75) is 26.4 Å². The minimum atomic E-state index is -0.612. The lowest BCUT2D eigenvalue weighted by Crippen LogP contribution is -2.37. The minimum absolute atomic E-state index is 0.127. The van der Waals surface area contributed by atoms with Crippen molar-refractivity contribution < 1.29 is 18.8 Å². The van der Waals surface area contributed by atoms with Gasteiger partial charge in [-0.15, -0.1) is 0 Å². The normalized spacial score (nSPS) is 10.9. The van der Waals surface area contributed by atoms with E-state index >= 15 is 0 Å². The van der Waals surface area contributed by atoms with Crippen LogP contribution in [0.15, 0.2) is 76.0 Å². The molecular weight excluding hydrogens is 450 g/mol. The van der Waals surface area contributed by atoms with Gasteiger partial charge in [0.1, 0.15) is 5.76 Å². The van der Waals surface area contributed by atoms with E-state index in [1.165, 1.54) is 17.4 Å². The minimum Gasteiger partial charge on any atom is -0.467 e. The quantitative estimate of drug-likeness (QED) is 0.350. The van der Waals surface area contributed by atoms with Gasteiger partial charge in [0.25, 0.3) is 5.91 Å². The van der Waals surface area contributed by atoms with Gasteiger partial charge in [0.05, 0.1) is 37.0 Å². The number of Topliss-reactive ketones (excluding diaryl/α,β-unsaturated/α-hetero) is 1. The zero-order valence-corrected chi connectivity index (χ0v) is 19.6. The molecule has 2 amide bonds. The second kappa shape index (κ2) is 10.4. The molecule has 0 aliphatic heterocycles. The Balaban J connectivity index is 1.63. The largest absolute Gasteiger partial charge is 0.467 e. The molecule has 0 saturated carbocycles. The molecule has 8 heteroatoms. The van der Waals surface area contributed by atoms with Crippen molar-refractivity contribution >= 4 is 28.9 Å². The number of nitrogens with zero attached hydrogens (tertiary/aromatic N) is 2. The van der Waals surface area contributed by atoms with Crippen molar-refractivity contribution in [3.8, 4) is 0 Å². The van der Waals surface area contributed by atoms with Gasteiger partial charge < -0.3 is 19.6 Å². The SMILES string of the molecule is Cc1c(C(N)=O)cc(C(=O)CN(Cc2ccccc2)C(=O)Cc2ccsc2)n1Cc1ccco1. The van der Waals surface area contributed by atoms with Crippen LogP contribution in [0.3, 0.4) is 0 Å². The predicted octanol–water partition coefficient (Wildman–Crippen LogP) is 4.05. The summed E-state index contributed by atoms with van der Waals surface area (Å²) in [5.41, 5.74) is 8.54. The van der Waals surface area contributed by atoms with E-state index < -0.39 is 5.91 Å². The van der Waals surface area contributed by atoms with Crippen LogP contribution in [0.2, 0.25) is 0 Å². The number of amides is 2. The van der Waals surface area contributed by atoms with Crippen molar-refractivity contribution in [3.05, 3.63) is 105 Å². The molecule has 0 radical (unpaired) electrons. The fourth-order valence-electron chi connectivity index (χ4n) is 3.86. The zero-order chi connectivity index (χ0) is 24.1. The molecule has 4 rings (SSSR count). The van der Waals surface area contributed by atoms with Gasteiger partial charge in [0, 0.05) is 12.2 Å². The van der Waals surface area contributed by atoms with Crippen LogP contribution in [-0.2, 0) is 24.3 Å². The Hall–Kier alpha value is -3.91. The molecule has 0 atom stereocenters. The maximum atomic E-state index is 13.5. The fourth-order valence-corrected chi connectivity index (χ4v) is 4.53. The van der Waals surface area contributed by atoms with Gasteiger partial charge in [0.15, 0.2) is 5.78 Å². The topological polar surface area (TPSA) is 98.5 Å². The van der Waals surface area contributed by atoms with E-state index in [0.717, 1.165) is 11.1 Å². The Morgan fingerprint density at radius 2 is 1.85 bits per heavy atom. The predicted molar refractivity (Wildman–Crippen MR) is 130 cm³/mol. The first-order chi connectivity index (χ1) is 16.4. The lowest BCUT2D eigenvalue weighted by Gasteiger charge is -2.22. The van der Waals surface area contributed by atoms with Gasteiger partial charge in [0.2, 0.25) is 5.91 Å². The van der Waals surface area contributed by atoms with Gasteiger partial charge in [-0.25, -0.2) is 0 Å². The van der Waals surface area contributed by atoms with Crippen molar-refractivity contribution in [2.24, 2.45) is 5.73 Å². The molecule has 2 N–H and O–H groups in total. The van der Waals surface area contributed by atoms with Crippen LogP contribution >= 0.6 is 11.3 Å². The van der Waals surface area contributed by atoms with E-state index in [0.29, 0.717) is 23.7 Å². The van der Waals surface area contributed by atoms with Crippen LogP contribution in [0.25, 0.3) is 0 Å². The molecule has 7 nitrogen and oxygen atoms in total. The molecule has 3 heterocycles. The first kappa shape index (κ1) is 23.3. The van der Waals surface area contributed by atoms with E-state index in [1.807, 2.05) is 47.2 Å². The van der Waals surface area contributed by atoms with E-state index in [-0.39, 0.29) is 36.8 Å². The summed E-state index contributed by atoms with van der Waals surface area (Å²) in [4.78, 5) is 40.2. The number of furan rings is 1. The number of benzene rings is 1. The summed E-state index contributed by atoms with van der Waals surface area (Å²) >= 11 is 1.53. The third-order valence-corrected chi connectivity index (χ3v) is 6.38. The number of thiophene rings is 1. The van der Waals surface area contributed by atoms with E-state index in [9.17, 15) is 14.4 Å². The molecule has 0 fully saturated rings. The summed E-state index contributed by atoms with van der Waals surface area (Å²) in [5.74, 6) is -0.402. The molecule has 0 spiro atoms. The van der Waals surface area contributed by atoms with Gasteiger partial charge in [-0.05, 0) is 53.1 Å². The fraction of sp³-hybridized carbons (Fsp3) is 0.192. The highest BCUT2D eigenvalue weighted by molar-refractivity contribution is 7.08. The summed E-state index contributed by atoms with van der Waals surface area (Å²) in [6.45, 7) is 2.19. The van der Waals surface area contributed by atoms with Crippen LogP contribution in [-0.4, -0.2) is 33.6 Å². The van der Waals surface area contributed by atoms with Crippen molar-refractivity contribution in [1.29, 1.82) is 0 Å². The number of carbonyl (C=O) groups excluding carboxylic acids is 3. The van der Waals surface area contributed by atoms with Gasteiger partial charge in [-0.2, -0.15) is 11.3 Å². The molecule has 0 bridgehead atoms. The second-order valence-electron chi connectivity index (χ2n) is 8.03. The molecule has 0 unspecified atom stereocenters. The summed E-state index contributed by atoms with van der Waals surface area (Å²) in [6.07, 6.45) is 1.76. The Labute approximate surface area is 201 Å². The summed E-state index contributed by atoms with van der Waals surface area (Å²) < 4.78 is 7.16. The van der Waals surface area contributed by atoms with Gasteiger partial charge in [-0.1, -0.05) is 30.3 Å². The lowest BCUT2D eigenvalue weighted by atomic mass is 10.1. The number of carbonyl (C=O) groups is 3. The lowest BCUT2D eigenvalue weighted by molar-refractivity contribution is -0.130. The van der Waals surface area contributed by atoms with E-state index in [1.54, 1.807) is 34.8 Å². The summed E-state index contributed by atoms with van der Waals surface area (Å²) in [6, 6.07) is 16.5. The summed E-state index contributed by atoms with van der Waals surface area (Å²) in [7, 11) is 0. The van der Waals surface area contributed by atoms with Crippen LogP contribution in [0, 0.1) is 6.92 Å². The summed E-state index contributed by atoms with van der Waals surface area (Å²) in [5, 5.41) is 3.85. The molecule has 1 aromatic carbocycles. The van der Waals surface area contributed by atoms with Crippen LogP contribution < -0.4 is 5.73 Å². The van der Waals surface area contributed by atoms with Crippen molar-refractivity contribution in [2.75, 3.05) is 6.54 Å². The van der Waals surface area contributed by atoms with Crippen molar-refractivity contribution in [1.82, 2.24) is 9.47 Å². The molecule has 0 aliphatic rings. The number of hydrogen-bond acceptors (Lipinski definition) is 5. The molecular formula is C26H25N3O4S. The van der Waals surface area contributed by atoms with Crippen LogP contribution in [0.1, 0.15) is 43.4 Å². The van der Waals surface area contributed by atoms with Gasteiger partial charge >= 0.3 is 0 Å². The molecule has 0 aliphatic carbocycles. The number of rotatable bonds is 10. The highest BCUT2D eigenvalue weighted by atomic mass is 32.1. The molecule has 34 heavy (non-hydrogen) atoms. The van der Waals surface area contributed by atoms with Crippen molar-refractivity contribution in [3.63, 3.8) is 0 Å². The number of hydrogen-bond donors (Lipinski definition) is 1. The smallest absolute Gasteiger partial charge is 0.250 e. The van der Waals surface area contributed by atoms with E-state index in [4.69, 9.17) is 10.2 Å². The number of ketones is 1. The Kier molecular flexibility index (Phi) is 7.08. The highest BCUT2D eigenvalue weighted by Crippen LogP contribution is 2.20. The average Bonchev–Trinajstić information content (AvgIpc) is 3.57. The average molecular weight is 476 g/mol. The Morgan fingerprint density at radius 1 is 1.06 bits per heavy atom. The molecule has 174 valence electrons. The monoisotopic (exact) mass is 475 g/mol. The maximum Gasteiger partial charge on any atom is 0.250 e. The van der Waals surface area contributed by atoms with Crippen LogP contribution in [0.5, 0.6) is 0 Å². The number of aromatic nitrogens is 1. The van der Waals surface area contributed by atoms with E-state index in [2.05, 4.69) is 0 Å². The molecule has 4 aromatic rings. The number of nitrogens with two attached hydrogens (primary N) is 1. The molecule has 0 saturated heterocycles. The Bertz CT molecular complexity index is 1280. The van der Waals surface area contributed by atoms with Gasteiger partial charge in [-0.3, -0.25) is 14.4 Å². The standard InChI is InChI=1S/C26H25N3O4S/c1-18-22(26(27)32)13-23(29(18)15-21-8-5-10-33-21)24(30)16-28(14-19-6-3-2-4-7-19)25(31)12-20-9-11-34-17-20/h2-11,13,17H,12,14-16H2,1H3,(H2,27,32). The Morgan fingerprint density at radius 3 is 2.50 bits per heavy atom.